The van der Waals surface area contributed by atoms with Gasteiger partial charge in [0.05, 0.1) is 23.0 Å². The van der Waals surface area contributed by atoms with Crippen LogP contribution in [0.1, 0.15) is 0 Å². The molecule has 0 fully saturated rings. The van der Waals surface area contributed by atoms with Crippen molar-refractivity contribution in [1.29, 1.82) is 0 Å². The van der Waals surface area contributed by atoms with Gasteiger partial charge >= 0.3 is 0 Å². The number of thiazole rings is 1. The summed E-state index contributed by atoms with van der Waals surface area (Å²) < 4.78 is 7.09. The van der Waals surface area contributed by atoms with Gasteiger partial charge in [-0.05, 0) is 40.2 Å². The van der Waals surface area contributed by atoms with Crippen LogP contribution in [-0.4, -0.2) is 17.1 Å². The molecular weight excluding hydrogens is 340 g/mol. The molecule has 7 heteroatoms. The molecule has 0 aliphatic carbocycles. The van der Waals surface area contributed by atoms with E-state index >= 15 is 0 Å². The van der Waals surface area contributed by atoms with Gasteiger partial charge in [0.2, 0.25) is 0 Å². The van der Waals surface area contributed by atoms with Gasteiger partial charge < -0.3 is 15.8 Å². The second-order valence-electron chi connectivity index (χ2n) is 4.07. The van der Waals surface area contributed by atoms with Gasteiger partial charge in [-0.3, -0.25) is 0 Å². The standard InChI is InChI=1S/C13H11BrN4OS/c1-19-8-2-3-10-11(5-8)20-13(17-10)18-12-9(15)4-7(14)6-16-12/h2-6H,15H2,1H3,(H,16,17,18). The summed E-state index contributed by atoms with van der Waals surface area (Å²) in [4.78, 5) is 8.73. The molecule has 3 rings (SSSR count). The lowest BCUT2D eigenvalue weighted by Crippen LogP contribution is -1.98. The molecule has 0 spiro atoms. The van der Waals surface area contributed by atoms with Gasteiger partial charge in [0.25, 0.3) is 0 Å². The summed E-state index contributed by atoms with van der Waals surface area (Å²) in [6.07, 6.45) is 1.69. The molecule has 0 aliphatic heterocycles. The second-order valence-corrected chi connectivity index (χ2v) is 6.02. The van der Waals surface area contributed by atoms with Crippen molar-refractivity contribution in [1.82, 2.24) is 9.97 Å². The van der Waals surface area contributed by atoms with E-state index in [9.17, 15) is 0 Å². The summed E-state index contributed by atoms with van der Waals surface area (Å²) in [7, 11) is 1.65. The third-order valence-corrected chi connectivity index (χ3v) is 4.07. The number of hydrogen-bond acceptors (Lipinski definition) is 6. The topological polar surface area (TPSA) is 73.1 Å². The quantitative estimate of drug-likeness (QED) is 0.751. The van der Waals surface area contributed by atoms with Crippen LogP contribution in [0.3, 0.4) is 0 Å². The Kier molecular flexibility index (Phi) is 3.45. The first-order chi connectivity index (χ1) is 9.65. The molecule has 3 N–H and O–H groups in total. The van der Waals surface area contributed by atoms with Gasteiger partial charge in [0, 0.05) is 10.7 Å². The number of benzene rings is 1. The Balaban J connectivity index is 1.94. The Hall–Kier alpha value is -1.86. The van der Waals surface area contributed by atoms with E-state index in [2.05, 4.69) is 31.2 Å². The third-order valence-electron chi connectivity index (χ3n) is 2.70. The Morgan fingerprint density at radius 1 is 1.35 bits per heavy atom. The van der Waals surface area contributed by atoms with E-state index in [0.717, 1.165) is 25.6 Å². The van der Waals surface area contributed by atoms with Crippen LogP contribution in [0.4, 0.5) is 16.6 Å². The van der Waals surface area contributed by atoms with E-state index in [4.69, 9.17) is 10.5 Å². The summed E-state index contributed by atoms with van der Waals surface area (Å²) in [6.45, 7) is 0. The van der Waals surface area contributed by atoms with Crippen molar-refractivity contribution in [2.24, 2.45) is 0 Å². The molecule has 0 atom stereocenters. The molecule has 0 aliphatic rings. The van der Waals surface area contributed by atoms with Crippen molar-refractivity contribution in [2.75, 3.05) is 18.2 Å². The lowest BCUT2D eigenvalue weighted by molar-refractivity contribution is 0.415. The highest BCUT2D eigenvalue weighted by Gasteiger charge is 2.08. The van der Waals surface area contributed by atoms with Gasteiger partial charge in [-0.15, -0.1) is 0 Å². The fourth-order valence-corrected chi connectivity index (χ4v) is 2.99. The van der Waals surface area contributed by atoms with Gasteiger partial charge in [0.1, 0.15) is 5.75 Å². The molecule has 2 aromatic heterocycles. The monoisotopic (exact) mass is 350 g/mol. The number of halogens is 1. The molecule has 0 amide bonds. The number of aromatic nitrogens is 2. The van der Waals surface area contributed by atoms with Crippen LogP contribution >= 0.6 is 27.3 Å². The maximum absolute atomic E-state index is 5.91. The van der Waals surface area contributed by atoms with Crippen LogP contribution in [0.2, 0.25) is 0 Å². The number of ether oxygens (including phenoxy) is 1. The molecule has 0 radical (unpaired) electrons. The summed E-state index contributed by atoms with van der Waals surface area (Å²) >= 11 is 4.85. The number of methoxy groups -OCH3 is 1. The summed E-state index contributed by atoms with van der Waals surface area (Å²) in [6, 6.07) is 7.56. The molecule has 1 aromatic carbocycles. The molecule has 0 saturated carbocycles. The highest BCUT2D eigenvalue weighted by atomic mass is 79.9. The number of rotatable bonds is 3. The maximum Gasteiger partial charge on any atom is 0.189 e. The molecule has 2 heterocycles. The first kappa shape index (κ1) is 13.1. The lowest BCUT2D eigenvalue weighted by atomic mass is 10.3. The minimum absolute atomic E-state index is 0.566. The molecule has 0 saturated heterocycles. The van der Waals surface area contributed by atoms with E-state index in [1.54, 1.807) is 19.4 Å². The van der Waals surface area contributed by atoms with E-state index in [0.29, 0.717) is 11.5 Å². The zero-order chi connectivity index (χ0) is 14.1. The molecule has 20 heavy (non-hydrogen) atoms. The maximum atomic E-state index is 5.91. The molecule has 3 aromatic rings. The predicted molar refractivity (Wildman–Crippen MR) is 85.8 cm³/mol. The molecule has 5 nitrogen and oxygen atoms in total. The fourth-order valence-electron chi connectivity index (χ4n) is 1.75. The van der Waals surface area contributed by atoms with Gasteiger partial charge in [0.15, 0.2) is 10.9 Å². The second kappa shape index (κ2) is 5.26. The average Bonchev–Trinajstić information content (AvgIpc) is 2.83. The largest absolute Gasteiger partial charge is 0.497 e. The number of fused-ring (bicyclic) bond motifs is 1. The van der Waals surface area contributed by atoms with Crippen molar-refractivity contribution < 1.29 is 4.74 Å². The van der Waals surface area contributed by atoms with Gasteiger partial charge in [-0.25, -0.2) is 9.97 Å². The van der Waals surface area contributed by atoms with E-state index in [1.165, 1.54) is 11.3 Å². The van der Waals surface area contributed by atoms with E-state index < -0.39 is 0 Å². The Labute approximate surface area is 127 Å². The number of pyridine rings is 1. The van der Waals surface area contributed by atoms with Crippen LogP contribution in [0.15, 0.2) is 34.9 Å². The van der Waals surface area contributed by atoms with Crippen LogP contribution in [0.25, 0.3) is 10.2 Å². The summed E-state index contributed by atoms with van der Waals surface area (Å²) in [5, 5.41) is 3.88. The zero-order valence-corrected chi connectivity index (χ0v) is 13.0. The Bertz CT molecular complexity index is 774. The SMILES string of the molecule is COc1ccc2nc(Nc3ncc(Br)cc3N)sc2c1. The number of nitrogens with zero attached hydrogens (tertiary/aromatic N) is 2. The number of nitrogens with two attached hydrogens (primary N) is 1. The smallest absolute Gasteiger partial charge is 0.189 e. The van der Waals surface area contributed by atoms with Gasteiger partial charge in [-0.2, -0.15) is 0 Å². The highest BCUT2D eigenvalue weighted by Crippen LogP contribution is 2.32. The van der Waals surface area contributed by atoms with Crippen molar-refractivity contribution in [3.05, 3.63) is 34.9 Å². The first-order valence-corrected chi connectivity index (χ1v) is 7.39. The van der Waals surface area contributed by atoms with Crippen LogP contribution < -0.4 is 15.8 Å². The van der Waals surface area contributed by atoms with Crippen molar-refractivity contribution in [3.63, 3.8) is 0 Å². The molecule has 0 unspecified atom stereocenters. The Morgan fingerprint density at radius 2 is 2.20 bits per heavy atom. The minimum Gasteiger partial charge on any atom is -0.497 e. The highest BCUT2D eigenvalue weighted by molar-refractivity contribution is 9.10. The minimum atomic E-state index is 0.566. The van der Waals surface area contributed by atoms with Gasteiger partial charge in [-0.1, -0.05) is 11.3 Å². The summed E-state index contributed by atoms with van der Waals surface area (Å²) in [5.41, 5.74) is 7.39. The normalized spacial score (nSPS) is 10.7. The van der Waals surface area contributed by atoms with Crippen LogP contribution in [0, 0.1) is 0 Å². The van der Waals surface area contributed by atoms with Crippen molar-refractivity contribution in [3.8, 4) is 5.75 Å². The van der Waals surface area contributed by atoms with Crippen LogP contribution in [0.5, 0.6) is 5.75 Å². The fraction of sp³-hybridized carbons (Fsp3) is 0.0769. The lowest BCUT2D eigenvalue weighted by Gasteiger charge is -2.04. The van der Waals surface area contributed by atoms with Crippen molar-refractivity contribution in [2.45, 2.75) is 0 Å². The number of nitrogen functional groups attached to an aromatic ring is 1. The third kappa shape index (κ3) is 2.54. The first-order valence-electron chi connectivity index (χ1n) is 5.78. The number of anilines is 3. The zero-order valence-electron chi connectivity index (χ0n) is 10.6. The van der Waals surface area contributed by atoms with E-state index in [-0.39, 0.29) is 0 Å². The molecular formula is C13H11BrN4OS. The average molecular weight is 351 g/mol. The van der Waals surface area contributed by atoms with E-state index in [1.807, 2.05) is 18.2 Å². The number of hydrogen-bond donors (Lipinski definition) is 2. The Morgan fingerprint density at radius 3 is 2.95 bits per heavy atom. The summed E-state index contributed by atoms with van der Waals surface area (Å²) in [5.74, 6) is 1.41. The van der Waals surface area contributed by atoms with Crippen molar-refractivity contribution >= 4 is 54.1 Å². The number of nitrogens with one attached hydrogen (secondary N) is 1. The molecule has 102 valence electrons. The van der Waals surface area contributed by atoms with Crippen LogP contribution in [-0.2, 0) is 0 Å². The molecule has 0 bridgehead atoms. The predicted octanol–water partition coefficient (Wildman–Crippen LogP) is 3.79.